The molecule has 110 valence electrons. The number of likely N-dealkylation sites (tertiary alicyclic amines) is 1. The summed E-state index contributed by atoms with van der Waals surface area (Å²) in [5.41, 5.74) is 0.473. The Balaban J connectivity index is 1.99. The second-order valence-corrected chi connectivity index (χ2v) is 5.14. The van der Waals surface area contributed by atoms with E-state index in [0.717, 1.165) is 32.4 Å². The van der Waals surface area contributed by atoms with E-state index in [1.54, 1.807) is 6.92 Å². The molecular weight excluding hydrogens is 258 g/mol. The van der Waals surface area contributed by atoms with Gasteiger partial charge in [0.2, 0.25) is 11.6 Å². The van der Waals surface area contributed by atoms with Gasteiger partial charge >= 0.3 is 0 Å². The van der Waals surface area contributed by atoms with Gasteiger partial charge < -0.3 is 14.7 Å². The van der Waals surface area contributed by atoms with Gasteiger partial charge in [-0.1, -0.05) is 0 Å². The minimum atomic E-state index is -0.237. The SMILES string of the molecule is CCOC1=CC(=O)C(N2CCC(CCO)CC2)=CC1=O. The Hall–Kier alpha value is -1.62. The first-order valence-corrected chi connectivity index (χ1v) is 7.16. The Bertz CT molecular complexity index is 445. The highest BCUT2D eigenvalue weighted by Gasteiger charge is 2.28. The molecule has 20 heavy (non-hydrogen) atoms. The first kappa shape index (κ1) is 14.8. The van der Waals surface area contributed by atoms with Crippen molar-refractivity contribution in [3.63, 3.8) is 0 Å². The molecule has 0 radical (unpaired) electrons. The second-order valence-electron chi connectivity index (χ2n) is 5.14. The van der Waals surface area contributed by atoms with Crippen LogP contribution in [0.4, 0.5) is 0 Å². The topological polar surface area (TPSA) is 66.8 Å². The van der Waals surface area contributed by atoms with Gasteiger partial charge in [-0.2, -0.15) is 0 Å². The zero-order valence-electron chi connectivity index (χ0n) is 11.8. The number of ether oxygens (including phenoxy) is 1. The summed E-state index contributed by atoms with van der Waals surface area (Å²) in [6.45, 7) is 3.89. The molecule has 1 saturated heterocycles. The number of hydrogen-bond donors (Lipinski definition) is 1. The fourth-order valence-electron chi connectivity index (χ4n) is 2.69. The number of carbonyl (C=O) groups is 2. The van der Waals surface area contributed by atoms with Crippen molar-refractivity contribution in [2.75, 3.05) is 26.3 Å². The van der Waals surface area contributed by atoms with Crippen LogP contribution >= 0.6 is 0 Å². The first-order valence-electron chi connectivity index (χ1n) is 7.16. The summed E-state index contributed by atoms with van der Waals surface area (Å²) < 4.78 is 5.15. The van der Waals surface area contributed by atoms with E-state index in [1.807, 2.05) is 4.90 Å². The fraction of sp³-hybridized carbons (Fsp3) is 0.600. The molecule has 1 N–H and O–H groups in total. The minimum absolute atomic E-state index is 0.136. The van der Waals surface area contributed by atoms with E-state index in [4.69, 9.17) is 9.84 Å². The first-order chi connectivity index (χ1) is 9.65. The van der Waals surface area contributed by atoms with Gasteiger partial charge in [-0.25, -0.2) is 0 Å². The van der Waals surface area contributed by atoms with Gasteiger partial charge in [0.1, 0.15) is 0 Å². The van der Waals surface area contributed by atoms with E-state index < -0.39 is 0 Å². The van der Waals surface area contributed by atoms with Crippen molar-refractivity contribution in [1.29, 1.82) is 0 Å². The van der Waals surface area contributed by atoms with E-state index in [1.165, 1.54) is 12.2 Å². The lowest BCUT2D eigenvalue weighted by atomic mass is 9.93. The van der Waals surface area contributed by atoms with Gasteiger partial charge in [-0.3, -0.25) is 9.59 Å². The van der Waals surface area contributed by atoms with Crippen molar-refractivity contribution in [2.45, 2.75) is 26.2 Å². The van der Waals surface area contributed by atoms with Crippen molar-refractivity contribution in [3.8, 4) is 0 Å². The van der Waals surface area contributed by atoms with Crippen LogP contribution in [0.5, 0.6) is 0 Å². The van der Waals surface area contributed by atoms with Crippen molar-refractivity contribution in [3.05, 3.63) is 23.6 Å². The molecule has 1 aliphatic heterocycles. The molecule has 0 aromatic carbocycles. The highest BCUT2D eigenvalue weighted by atomic mass is 16.5. The molecule has 2 rings (SSSR count). The smallest absolute Gasteiger partial charge is 0.222 e. The summed E-state index contributed by atoms with van der Waals surface area (Å²) in [4.78, 5) is 25.9. The number of allylic oxidation sites excluding steroid dienone is 2. The van der Waals surface area contributed by atoms with Crippen molar-refractivity contribution >= 4 is 11.6 Å². The zero-order chi connectivity index (χ0) is 14.5. The van der Waals surface area contributed by atoms with Crippen molar-refractivity contribution in [1.82, 2.24) is 4.90 Å². The van der Waals surface area contributed by atoms with Gasteiger partial charge in [0.25, 0.3) is 0 Å². The monoisotopic (exact) mass is 279 g/mol. The van der Waals surface area contributed by atoms with Crippen LogP contribution in [0.1, 0.15) is 26.2 Å². The van der Waals surface area contributed by atoms with E-state index in [0.29, 0.717) is 18.2 Å². The molecule has 0 amide bonds. The number of piperidine rings is 1. The van der Waals surface area contributed by atoms with Crippen LogP contribution in [0.15, 0.2) is 23.6 Å². The van der Waals surface area contributed by atoms with Gasteiger partial charge in [0.15, 0.2) is 5.76 Å². The predicted molar refractivity (Wildman–Crippen MR) is 73.8 cm³/mol. The summed E-state index contributed by atoms with van der Waals surface area (Å²) in [7, 11) is 0. The lowest BCUT2D eigenvalue weighted by Gasteiger charge is -2.34. The average molecular weight is 279 g/mol. The predicted octanol–water partition coefficient (Wildman–Crippen LogP) is 1.04. The number of ketones is 2. The molecular formula is C15H21NO4. The van der Waals surface area contributed by atoms with Crippen LogP contribution < -0.4 is 0 Å². The summed E-state index contributed by atoms with van der Waals surface area (Å²) in [5, 5.41) is 8.94. The number of nitrogens with zero attached hydrogens (tertiary/aromatic N) is 1. The lowest BCUT2D eigenvalue weighted by molar-refractivity contribution is -0.118. The third-order valence-corrected chi connectivity index (χ3v) is 3.82. The molecule has 5 nitrogen and oxygen atoms in total. The van der Waals surface area contributed by atoms with Gasteiger partial charge in [-0.05, 0) is 32.1 Å². The maximum Gasteiger partial charge on any atom is 0.222 e. The average Bonchev–Trinajstić information content (AvgIpc) is 2.44. The Morgan fingerprint density at radius 3 is 2.55 bits per heavy atom. The number of hydrogen-bond acceptors (Lipinski definition) is 5. The number of rotatable bonds is 5. The highest BCUT2D eigenvalue weighted by Crippen LogP contribution is 2.25. The standard InChI is InChI=1S/C15H21NO4/c1-2-20-15-10-13(18)12(9-14(15)19)16-6-3-11(4-7-16)5-8-17/h9-11,17H,2-8H2,1H3. The van der Waals surface area contributed by atoms with Crippen LogP contribution in [0.25, 0.3) is 0 Å². The number of aliphatic hydroxyl groups excluding tert-OH is 1. The lowest BCUT2D eigenvalue weighted by Crippen LogP contribution is -2.37. The Kier molecular flexibility index (Phi) is 4.95. The molecule has 0 spiro atoms. The van der Waals surface area contributed by atoms with Crippen LogP contribution in [0.2, 0.25) is 0 Å². The molecule has 0 aromatic heterocycles. The van der Waals surface area contributed by atoms with E-state index in [2.05, 4.69) is 0 Å². The third kappa shape index (κ3) is 3.28. The van der Waals surface area contributed by atoms with Gasteiger partial charge in [0.05, 0.1) is 12.3 Å². The van der Waals surface area contributed by atoms with Crippen LogP contribution in [0.3, 0.4) is 0 Å². The molecule has 5 heteroatoms. The fourth-order valence-corrected chi connectivity index (χ4v) is 2.69. The van der Waals surface area contributed by atoms with E-state index >= 15 is 0 Å². The van der Waals surface area contributed by atoms with Crippen molar-refractivity contribution in [2.24, 2.45) is 5.92 Å². The molecule has 2 aliphatic rings. The second kappa shape index (κ2) is 6.70. The molecule has 0 saturated carbocycles. The van der Waals surface area contributed by atoms with E-state index in [-0.39, 0.29) is 23.9 Å². The maximum atomic E-state index is 12.1. The molecule has 0 bridgehead atoms. The van der Waals surface area contributed by atoms with Crippen LogP contribution in [-0.2, 0) is 14.3 Å². The Morgan fingerprint density at radius 2 is 1.95 bits per heavy atom. The molecule has 1 aliphatic carbocycles. The Labute approximate surface area is 118 Å². The van der Waals surface area contributed by atoms with E-state index in [9.17, 15) is 9.59 Å². The molecule has 0 unspecified atom stereocenters. The molecule has 1 fully saturated rings. The molecule has 1 heterocycles. The normalized spacial score (nSPS) is 20.8. The summed E-state index contributed by atoms with van der Waals surface area (Å²) in [6, 6.07) is 0. The summed E-state index contributed by atoms with van der Waals surface area (Å²) in [6.07, 6.45) is 5.39. The van der Waals surface area contributed by atoms with Gasteiger partial charge in [0, 0.05) is 31.8 Å². The summed E-state index contributed by atoms with van der Waals surface area (Å²) in [5.74, 6) is 0.254. The largest absolute Gasteiger partial charge is 0.490 e. The molecule has 0 atom stereocenters. The summed E-state index contributed by atoms with van der Waals surface area (Å²) >= 11 is 0. The molecule has 0 aromatic rings. The quantitative estimate of drug-likeness (QED) is 0.762. The highest BCUT2D eigenvalue weighted by molar-refractivity contribution is 6.18. The number of aliphatic hydroxyl groups is 1. The van der Waals surface area contributed by atoms with Crippen LogP contribution in [0, 0.1) is 5.92 Å². The Morgan fingerprint density at radius 1 is 1.25 bits per heavy atom. The minimum Gasteiger partial charge on any atom is -0.490 e. The van der Waals surface area contributed by atoms with Crippen LogP contribution in [-0.4, -0.2) is 47.9 Å². The van der Waals surface area contributed by atoms with Crippen molar-refractivity contribution < 1.29 is 19.4 Å². The van der Waals surface area contributed by atoms with Gasteiger partial charge in [-0.15, -0.1) is 0 Å². The maximum absolute atomic E-state index is 12.1. The zero-order valence-corrected chi connectivity index (χ0v) is 11.8. The number of carbonyl (C=O) groups excluding carboxylic acids is 2. The third-order valence-electron chi connectivity index (χ3n) is 3.82.